The highest BCUT2D eigenvalue weighted by atomic mass is 32.1. The molecule has 0 aliphatic rings. The van der Waals surface area contributed by atoms with Gasteiger partial charge in [-0.25, -0.2) is 0 Å². The minimum atomic E-state index is -0.495. The number of hydrogen-bond donors (Lipinski definition) is 2. The van der Waals surface area contributed by atoms with Crippen LogP contribution in [-0.4, -0.2) is 33.2 Å². The van der Waals surface area contributed by atoms with Gasteiger partial charge in [-0.1, -0.05) is 31.2 Å². The molecule has 6 heteroatoms. The van der Waals surface area contributed by atoms with Crippen molar-refractivity contribution in [1.29, 1.82) is 0 Å². The molecule has 1 aromatic rings. The van der Waals surface area contributed by atoms with Crippen molar-refractivity contribution in [3.63, 3.8) is 0 Å². The maximum atomic E-state index is 11.5. The summed E-state index contributed by atoms with van der Waals surface area (Å²) in [6.07, 6.45) is 1.32. The largest absolute Gasteiger partial charge is 0.391 e. The van der Waals surface area contributed by atoms with Crippen LogP contribution in [0.1, 0.15) is 37.2 Å². The molecule has 0 fully saturated rings. The van der Waals surface area contributed by atoms with E-state index in [4.69, 9.17) is 0 Å². The Hall–Kier alpha value is -1.01. The van der Waals surface area contributed by atoms with Gasteiger partial charge < -0.3 is 10.4 Å². The van der Waals surface area contributed by atoms with Gasteiger partial charge in [0.1, 0.15) is 0 Å². The molecule has 0 aromatic carbocycles. The number of nitrogens with one attached hydrogen (secondary N) is 1. The second kappa shape index (κ2) is 6.55. The van der Waals surface area contributed by atoms with E-state index in [1.54, 1.807) is 5.38 Å². The van der Waals surface area contributed by atoms with Gasteiger partial charge >= 0.3 is 0 Å². The summed E-state index contributed by atoms with van der Waals surface area (Å²) in [6.45, 7) is 4.33. The summed E-state index contributed by atoms with van der Waals surface area (Å²) in [5.41, 5.74) is 0.307. The summed E-state index contributed by atoms with van der Waals surface area (Å²) in [7, 11) is 0. The number of amides is 1. The third kappa shape index (κ3) is 3.53. The molecule has 1 amide bonds. The van der Waals surface area contributed by atoms with Crippen molar-refractivity contribution in [2.24, 2.45) is 5.92 Å². The first-order chi connectivity index (χ1) is 7.69. The zero-order valence-corrected chi connectivity index (χ0v) is 10.3. The van der Waals surface area contributed by atoms with Crippen LogP contribution in [0.15, 0.2) is 5.38 Å². The van der Waals surface area contributed by atoms with E-state index in [9.17, 15) is 9.90 Å². The van der Waals surface area contributed by atoms with Gasteiger partial charge in [-0.3, -0.25) is 4.79 Å². The van der Waals surface area contributed by atoms with Crippen LogP contribution in [0.3, 0.4) is 0 Å². The first-order valence-electron chi connectivity index (χ1n) is 5.42. The van der Waals surface area contributed by atoms with Crippen LogP contribution in [0.4, 0.5) is 0 Å². The Labute approximate surface area is 99.0 Å². The summed E-state index contributed by atoms with van der Waals surface area (Å²) in [6, 6.07) is 0. The predicted molar refractivity (Wildman–Crippen MR) is 62.3 cm³/mol. The number of aliphatic hydroxyl groups excluding tert-OH is 1. The molecule has 0 saturated heterocycles. The molecule has 0 radical (unpaired) electrons. The SMILES string of the molecule is CCC(CC)C(O)CNC(=O)c1csnn1. The van der Waals surface area contributed by atoms with Gasteiger partial charge in [-0.15, -0.1) is 5.10 Å². The summed E-state index contributed by atoms with van der Waals surface area (Å²) in [5, 5.41) is 17.7. The first kappa shape index (κ1) is 13.1. The van der Waals surface area contributed by atoms with Gasteiger partial charge in [0, 0.05) is 11.9 Å². The van der Waals surface area contributed by atoms with Crippen LogP contribution in [-0.2, 0) is 0 Å². The maximum Gasteiger partial charge on any atom is 0.272 e. The Bertz CT molecular complexity index is 312. The fourth-order valence-electron chi connectivity index (χ4n) is 1.55. The second-order valence-corrected chi connectivity index (χ2v) is 4.25. The molecular weight excluding hydrogens is 226 g/mol. The molecule has 1 atom stereocenters. The number of nitrogens with zero attached hydrogens (tertiary/aromatic N) is 2. The highest BCUT2D eigenvalue weighted by Crippen LogP contribution is 2.12. The number of carbonyl (C=O) groups is 1. The average molecular weight is 243 g/mol. The summed E-state index contributed by atoms with van der Waals surface area (Å²) in [5.74, 6) is -0.0485. The molecule has 0 saturated carbocycles. The smallest absolute Gasteiger partial charge is 0.272 e. The number of hydrogen-bond acceptors (Lipinski definition) is 5. The summed E-state index contributed by atoms with van der Waals surface area (Å²) in [4.78, 5) is 11.5. The summed E-state index contributed by atoms with van der Waals surface area (Å²) < 4.78 is 3.61. The van der Waals surface area contributed by atoms with E-state index in [0.29, 0.717) is 5.69 Å². The van der Waals surface area contributed by atoms with E-state index >= 15 is 0 Å². The monoisotopic (exact) mass is 243 g/mol. The van der Waals surface area contributed by atoms with Crippen molar-refractivity contribution in [3.8, 4) is 0 Å². The lowest BCUT2D eigenvalue weighted by atomic mass is 9.96. The molecule has 0 aliphatic heterocycles. The Balaban J connectivity index is 2.37. The molecular formula is C10H17N3O2S. The Morgan fingerprint density at radius 3 is 2.75 bits per heavy atom. The van der Waals surface area contributed by atoms with E-state index in [1.807, 2.05) is 13.8 Å². The van der Waals surface area contributed by atoms with Gasteiger partial charge in [-0.05, 0) is 17.5 Å². The highest BCUT2D eigenvalue weighted by Gasteiger charge is 2.17. The molecule has 90 valence electrons. The minimum absolute atomic E-state index is 0.230. The van der Waals surface area contributed by atoms with Gasteiger partial charge in [0.2, 0.25) is 0 Å². The quantitative estimate of drug-likeness (QED) is 0.783. The van der Waals surface area contributed by atoms with Crippen molar-refractivity contribution in [3.05, 3.63) is 11.1 Å². The lowest BCUT2D eigenvalue weighted by Gasteiger charge is -2.19. The van der Waals surface area contributed by atoms with Crippen molar-refractivity contribution in [2.45, 2.75) is 32.8 Å². The second-order valence-electron chi connectivity index (χ2n) is 3.64. The number of aromatic nitrogens is 2. The zero-order valence-electron chi connectivity index (χ0n) is 9.51. The topological polar surface area (TPSA) is 75.1 Å². The van der Waals surface area contributed by atoms with Crippen molar-refractivity contribution in [1.82, 2.24) is 14.9 Å². The van der Waals surface area contributed by atoms with Gasteiger partial charge in [0.05, 0.1) is 6.10 Å². The molecule has 1 unspecified atom stereocenters. The summed E-state index contributed by atoms with van der Waals surface area (Å²) >= 11 is 1.13. The minimum Gasteiger partial charge on any atom is -0.391 e. The van der Waals surface area contributed by atoms with Gasteiger partial charge in [0.15, 0.2) is 5.69 Å². The number of carbonyl (C=O) groups excluding carboxylic acids is 1. The van der Waals surface area contributed by atoms with E-state index in [1.165, 1.54) is 0 Å². The van der Waals surface area contributed by atoms with Gasteiger partial charge in [0.25, 0.3) is 5.91 Å². The molecule has 0 bridgehead atoms. The lowest BCUT2D eigenvalue weighted by Crippen LogP contribution is -2.36. The fraction of sp³-hybridized carbons (Fsp3) is 0.700. The molecule has 1 aromatic heterocycles. The molecule has 0 spiro atoms. The molecule has 2 N–H and O–H groups in total. The van der Waals surface area contributed by atoms with E-state index < -0.39 is 6.10 Å². The third-order valence-electron chi connectivity index (χ3n) is 2.66. The van der Waals surface area contributed by atoms with Crippen LogP contribution in [0.2, 0.25) is 0 Å². The highest BCUT2D eigenvalue weighted by molar-refractivity contribution is 7.03. The molecule has 1 rings (SSSR count). The van der Waals surface area contributed by atoms with Crippen molar-refractivity contribution in [2.75, 3.05) is 6.54 Å². The Kier molecular flexibility index (Phi) is 5.34. The first-order valence-corrected chi connectivity index (χ1v) is 6.26. The van der Waals surface area contributed by atoms with Gasteiger partial charge in [-0.2, -0.15) is 0 Å². The molecule has 5 nitrogen and oxygen atoms in total. The Morgan fingerprint density at radius 1 is 1.56 bits per heavy atom. The number of rotatable bonds is 6. The van der Waals surface area contributed by atoms with Crippen LogP contribution in [0, 0.1) is 5.92 Å². The van der Waals surface area contributed by atoms with Crippen LogP contribution >= 0.6 is 11.5 Å². The van der Waals surface area contributed by atoms with E-state index in [0.717, 1.165) is 24.4 Å². The van der Waals surface area contributed by atoms with Crippen molar-refractivity contribution >= 4 is 17.4 Å². The fourth-order valence-corrected chi connectivity index (χ4v) is 1.99. The third-order valence-corrected chi connectivity index (χ3v) is 3.16. The predicted octanol–water partition coefficient (Wildman–Crippen LogP) is 1.06. The molecule has 16 heavy (non-hydrogen) atoms. The zero-order chi connectivity index (χ0) is 12.0. The maximum absolute atomic E-state index is 11.5. The van der Waals surface area contributed by atoms with Crippen LogP contribution in [0.25, 0.3) is 0 Å². The Morgan fingerprint density at radius 2 is 2.25 bits per heavy atom. The lowest BCUT2D eigenvalue weighted by molar-refractivity contribution is 0.0813. The van der Waals surface area contributed by atoms with Crippen LogP contribution < -0.4 is 5.32 Å². The molecule has 1 heterocycles. The normalized spacial score (nSPS) is 12.8. The molecule has 0 aliphatic carbocycles. The van der Waals surface area contributed by atoms with E-state index in [2.05, 4.69) is 14.9 Å². The average Bonchev–Trinajstić information content (AvgIpc) is 2.81. The standard InChI is InChI=1S/C10H17N3O2S/c1-3-7(4-2)9(14)5-11-10(15)8-6-16-13-12-8/h6-7,9,14H,3-5H2,1-2H3,(H,11,15). The van der Waals surface area contributed by atoms with Crippen LogP contribution in [0.5, 0.6) is 0 Å². The van der Waals surface area contributed by atoms with E-state index in [-0.39, 0.29) is 18.4 Å². The number of aliphatic hydroxyl groups is 1. The van der Waals surface area contributed by atoms with Crippen molar-refractivity contribution < 1.29 is 9.90 Å².